The maximum absolute atomic E-state index is 8.79. The van der Waals surface area contributed by atoms with E-state index >= 15 is 0 Å². The van der Waals surface area contributed by atoms with Crippen LogP contribution in [0.3, 0.4) is 0 Å². The van der Waals surface area contributed by atoms with E-state index in [1.807, 2.05) is 0 Å². The van der Waals surface area contributed by atoms with Crippen LogP contribution in [0.4, 0.5) is 0 Å². The lowest BCUT2D eigenvalue weighted by Crippen LogP contribution is -2.39. The van der Waals surface area contributed by atoms with Gasteiger partial charge < -0.3 is 5.11 Å². The zero-order valence-corrected chi connectivity index (χ0v) is 7.89. The second-order valence-corrected chi connectivity index (χ2v) is 4.85. The van der Waals surface area contributed by atoms with Crippen molar-refractivity contribution in [2.45, 2.75) is 51.4 Å². The van der Waals surface area contributed by atoms with Crippen molar-refractivity contribution in [2.24, 2.45) is 11.3 Å². The van der Waals surface area contributed by atoms with Crippen molar-refractivity contribution in [2.75, 3.05) is 6.61 Å². The van der Waals surface area contributed by atoms with E-state index in [-0.39, 0.29) is 0 Å². The minimum absolute atomic E-state index is 0.404. The van der Waals surface area contributed by atoms with Crippen LogP contribution in [-0.4, -0.2) is 11.7 Å². The number of rotatable bonds is 2. The van der Waals surface area contributed by atoms with Crippen LogP contribution in [0.25, 0.3) is 0 Å². The number of aliphatic hydroxyl groups excluding tert-OH is 1. The van der Waals surface area contributed by atoms with E-state index in [1.165, 1.54) is 44.9 Å². The maximum Gasteiger partial charge on any atom is 0.0433 e. The maximum atomic E-state index is 8.79. The van der Waals surface area contributed by atoms with Crippen LogP contribution in [0.1, 0.15) is 51.4 Å². The van der Waals surface area contributed by atoms with Gasteiger partial charge in [-0.15, -0.1) is 0 Å². The van der Waals surface area contributed by atoms with Crippen LogP contribution in [-0.2, 0) is 0 Å². The van der Waals surface area contributed by atoms with Crippen molar-refractivity contribution >= 4 is 0 Å². The van der Waals surface area contributed by atoms with Gasteiger partial charge in [0, 0.05) is 6.61 Å². The monoisotopic (exact) mass is 168 g/mol. The van der Waals surface area contributed by atoms with Crippen molar-refractivity contribution in [3.63, 3.8) is 0 Å². The highest BCUT2D eigenvalue weighted by molar-refractivity contribution is 4.94. The summed E-state index contributed by atoms with van der Waals surface area (Å²) in [5.41, 5.74) is 0.762. The van der Waals surface area contributed by atoms with Gasteiger partial charge in [-0.1, -0.05) is 19.3 Å². The van der Waals surface area contributed by atoms with Crippen molar-refractivity contribution < 1.29 is 5.11 Å². The van der Waals surface area contributed by atoms with E-state index in [9.17, 15) is 0 Å². The van der Waals surface area contributed by atoms with E-state index < -0.39 is 0 Å². The van der Waals surface area contributed by atoms with Crippen LogP contribution in [0.15, 0.2) is 0 Å². The summed E-state index contributed by atoms with van der Waals surface area (Å²) >= 11 is 0. The number of aliphatic hydroxyl groups is 1. The molecule has 1 N–H and O–H groups in total. The van der Waals surface area contributed by atoms with Gasteiger partial charge in [0.25, 0.3) is 0 Å². The normalized spacial score (nSPS) is 28.8. The SMILES string of the molecule is OCCC1CC2(CCCCC2)C1. The Balaban J connectivity index is 1.77. The average Bonchev–Trinajstić information content (AvgIpc) is 2.04. The van der Waals surface area contributed by atoms with Gasteiger partial charge in [-0.25, -0.2) is 0 Å². The molecule has 0 bridgehead atoms. The molecule has 2 saturated carbocycles. The van der Waals surface area contributed by atoms with Crippen LogP contribution in [0.2, 0.25) is 0 Å². The van der Waals surface area contributed by atoms with Crippen molar-refractivity contribution in [3.8, 4) is 0 Å². The number of hydrogen-bond acceptors (Lipinski definition) is 1. The van der Waals surface area contributed by atoms with Crippen LogP contribution in [0, 0.1) is 11.3 Å². The smallest absolute Gasteiger partial charge is 0.0433 e. The first-order chi connectivity index (χ1) is 5.85. The Morgan fingerprint density at radius 1 is 1.08 bits per heavy atom. The molecule has 0 radical (unpaired) electrons. The Kier molecular flexibility index (Phi) is 2.40. The minimum Gasteiger partial charge on any atom is -0.396 e. The summed E-state index contributed by atoms with van der Waals surface area (Å²) in [7, 11) is 0. The summed E-state index contributed by atoms with van der Waals surface area (Å²) in [4.78, 5) is 0. The third kappa shape index (κ3) is 1.52. The first-order valence-electron chi connectivity index (χ1n) is 5.46. The first kappa shape index (κ1) is 8.55. The molecule has 2 aliphatic rings. The highest BCUT2D eigenvalue weighted by Crippen LogP contribution is 2.55. The summed E-state index contributed by atoms with van der Waals surface area (Å²) in [6.45, 7) is 0.404. The molecular formula is C11H20O. The van der Waals surface area contributed by atoms with Crippen molar-refractivity contribution in [3.05, 3.63) is 0 Å². The largest absolute Gasteiger partial charge is 0.396 e. The molecular weight excluding hydrogens is 148 g/mol. The van der Waals surface area contributed by atoms with Gasteiger partial charge in [0.15, 0.2) is 0 Å². The lowest BCUT2D eigenvalue weighted by molar-refractivity contribution is 0.00348. The fraction of sp³-hybridized carbons (Fsp3) is 1.00. The zero-order chi connectivity index (χ0) is 8.44. The molecule has 0 atom stereocenters. The lowest BCUT2D eigenvalue weighted by atomic mass is 9.55. The number of hydrogen-bond donors (Lipinski definition) is 1. The zero-order valence-electron chi connectivity index (χ0n) is 7.89. The molecule has 12 heavy (non-hydrogen) atoms. The summed E-state index contributed by atoms with van der Waals surface area (Å²) < 4.78 is 0. The van der Waals surface area contributed by atoms with E-state index in [0.29, 0.717) is 6.61 Å². The van der Waals surface area contributed by atoms with Gasteiger partial charge in [-0.3, -0.25) is 0 Å². The molecule has 0 aliphatic heterocycles. The van der Waals surface area contributed by atoms with Gasteiger partial charge in [-0.2, -0.15) is 0 Å². The summed E-state index contributed by atoms with van der Waals surface area (Å²) in [5.74, 6) is 0.869. The first-order valence-corrected chi connectivity index (χ1v) is 5.46. The van der Waals surface area contributed by atoms with Crippen LogP contribution in [0.5, 0.6) is 0 Å². The Hall–Kier alpha value is -0.0400. The van der Waals surface area contributed by atoms with Gasteiger partial charge in [0.05, 0.1) is 0 Å². The lowest BCUT2D eigenvalue weighted by Gasteiger charge is -2.50. The fourth-order valence-electron chi connectivity index (χ4n) is 3.26. The van der Waals surface area contributed by atoms with E-state index in [1.54, 1.807) is 0 Å². The summed E-state index contributed by atoms with van der Waals surface area (Å²) in [6.07, 6.45) is 11.3. The molecule has 2 fully saturated rings. The molecule has 0 aromatic rings. The topological polar surface area (TPSA) is 20.2 Å². The molecule has 0 unspecified atom stereocenters. The molecule has 0 amide bonds. The Labute approximate surface area is 75.2 Å². The molecule has 2 rings (SSSR count). The standard InChI is InChI=1S/C11H20O/c12-7-4-10-8-11(9-10)5-2-1-3-6-11/h10,12H,1-9H2. The van der Waals surface area contributed by atoms with E-state index in [2.05, 4.69) is 0 Å². The van der Waals surface area contributed by atoms with Crippen LogP contribution >= 0.6 is 0 Å². The Morgan fingerprint density at radius 3 is 2.33 bits per heavy atom. The fourth-order valence-corrected chi connectivity index (χ4v) is 3.26. The van der Waals surface area contributed by atoms with Crippen molar-refractivity contribution in [1.82, 2.24) is 0 Å². The minimum atomic E-state index is 0.404. The molecule has 0 heterocycles. The summed E-state index contributed by atoms with van der Waals surface area (Å²) in [5, 5.41) is 8.79. The average molecular weight is 168 g/mol. The van der Waals surface area contributed by atoms with Crippen LogP contribution < -0.4 is 0 Å². The second kappa shape index (κ2) is 3.37. The van der Waals surface area contributed by atoms with Gasteiger partial charge in [0.2, 0.25) is 0 Å². The predicted octanol–water partition coefficient (Wildman–Crippen LogP) is 2.73. The quantitative estimate of drug-likeness (QED) is 0.672. The molecule has 0 saturated heterocycles. The molecule has 1 spiro atoms. The van der Waals surface area contributed by atoms with Gasteiger partial charge in [-0.05, 0) is 43.4 Å². The third-order valence-corrected chi connectivity index (χ3v) is 3.89. The third-order valence-electron chi connectivity index (χ3n) is 3.89. The Morgan fingerprint density at radius 2 is 1.75 bits per heavy atom. The predicted molar refractivity (Wildman–Crippen MR) is 49.9 cm³/mol. The molecule has 1 nitrogen and oxygen atoms in total. The highest BCUT2D eigenvalue weighted by Gasteiger charge is 2.43. The molecule has 1 heteroatoms. The molecule has 2 aliphatic carbocycles. The highest BCUT2D eigenvalue weighted by atomic mass is 16.3. The molecule has 70 valence electrons. The molecule has 0 aromatic carbocycles. The van der Waals surface area contributed by atoms with Gasteiger partial charge >= 0.3 is 0 Å². The second-order valence-electron chi connectivity index (χ2n) is 4.85. The van der Waals surface area contributed by atoms with E-state index in [0.717, 1.165) is 17.8 Å². The van der Waals surface area contributed by atoms with Gasteiger partial charge in [0.1, 0.15) is 0 Å². The van der Waals surface area contributed by atoms with E-state index in [4.69, 9.17) is 5.11 Å². The Bertz CT molecular complexity index is 139. The summed E-state index contributed by atoms with van der Waals surface area (Å²) in [6, 6.07) is 0. The molecule has 0 aromatic heterocycles. The van der Waals surface area contributed by atoms with Crippen molar-refractivity contribution in [1.29, 1.82) is 0 Å².